The van der Waals surface area contributed by atoms with E-state index in [1.165, 1.54) is 24.3 Å². The van der Waals surface area contributed by atoms with Crippen LogP contribution in [0.15, 0.2) is 29.2 Å². The molecule has 27 heavy (non-hydrogen) atoms. The van der Waals surface area contributed by atoms with Crippen molar-refractivity contribution in [2.75, 3.05) is 18.1 Å². The van der Waals surface area contributed by atoms with Gasteiger partial charge in [-0.3, -0.25) is 19.3 Å². The summed E-state index contributed by atoms with van der Waals surface area (Å²) in [6.07, 6.45) is 1.69. The van der Waals surface area contributed by atoms with E-state index in [9.17, 15) is 27.2 Å². The van der Waals surface area contributed by atoms with Gasteiger partial charge in [0.25, 0.3) is 11.1 Å². The molecular weight excluding hydrogens is 395 g/mol. The van der Waals surface area contributed by atoms with Crippen LogP contribution in [0.3, 0.4) is 0 Å². The molecule has 2 aliphatic heterocycles. The normalized spacial score (nSPS) is 23.2. The third kappa shape index (κ3) is 4.95. The first-order valence-electron chi connectivity index (χ1n) is 8.24. The number of rotatable bonds is 5. The Morgan fingerprint density at radius 3 is 2.81 bits per heavy atom. The Labute approximate surface area is 159 Å². The van der Waals surface area contributed by atoms with Crippen LogP contribution in [0, 0.1) is 5.82 Å². The van der Waals surface area contributed by atoms with Crippen LogP contribution in [0.5, 0.6) is 0 Å². The molecule has 2 heterocycles. The largest absolute Gasteiger partial charge is 0.352 e. The second-order valence-electron chi connectivity index (χ2n) is 6.31. The molecule has 2 aliphatic rings. The summed E-state index contributed by atoms with van der Waals surface area (Å²) >= 11 is 0.732. The van der Waals surface area contributed by atoms with Crippen molar-refractivity contribution in [1.82, 2.24) is 10.2 Å². The predicted molar refractivity (Wildman–Crippen MR) is 98.9 cm³/mol. The van der Waals surface area contributed by atoms with Gasteiger partial charge in [0.2, 0.25) is 5.91 Å². The topological polar surface area (TPSA) is 101 Å². The van der Waals surface area contributed by atoms with Crippen LogP contribution in [0.4, 0.5) is 9.18 Å². The number of amides is 3. The second-order valence-corrected chi connectivity index (χ2v) is 9.53. The van der Waals surface area contributed by atoms with Gasteiger partial charge in [-0.25, -0.2) is 12.8 Å². The summed E-state index contributed by atoms with van der Waals surface area (Å²) < 4.78 is 36.0. The van der Waals surface area contributed by atoms with Gasteiger partial charge in [0.1, 0.15) is 5.82 Å². The van der Waals surface area contributed by atoms with Gasteiger partial charge in [-0.1, -0.05) is 12.1 Å². The number of halogens is 1. The molecule has 2 saturated heterocycles. The van der Waals surface area contributed by atoms with E-state index >= 15 is 0 Å². The molecule has 7 nitrogen and oxygen atoms in total. The van der Waals surface area contributed by atoms with E-state index in [0.29, 0.717) is 12.0 Å². The van der Waals surface area contributed by atoms with Crippen LogP contribution >= 0.6 is 11.8 Å². The zero-order valence-electron chi connectivity index (χ0n) is 14.2. The lowest BCUT2D eigenvalue weighted by Gasteiger charge is -2.14. The second kappa shape index (κ2) is 7.81. The third-order valence-electron chi connectivity index (χ3n) is 4.18. The smallest absolute Gasteiger partial charge is 0.293 e. The molecular formula is C17H17FN2O5S2. The number of sulfone groups is 1. The fourth-order valence-electron chi connectivity index (χ4n) is 2.86. The molecule has 1 atom stereocenters. The maximum Gasteiger partial charge on any atom is 0.293 e. The summed E-state index contributed by atoms with van der Waals surface area (Å²) in [4.78, 5) is 37.5. The average Bonchev–Trinajstić information content (AvgIpc) is 3.05. The Hall–Kier alpha value is -2.20. The van der Waals surface area contributed by atoms with Gasteiger partial charge < -0.3 is 5.32 Å². The molecule has 0 spiro atoms. The molecule has 0 saturated carbocycles. The molecule has 1 unspecified atom stereocenters. The van der Waals surface area contributed by atoms with Crippen molar-refractivity contribution in [3.8, 4) is 0 Å². The molecule has 3 amide bonds. The molecule has 10 heteroatoms. The van der Waals surface area contributed by atoms with Crippen molar-refractivity contribution >= 4 is 44.7 Å². The number of hydrogen-bond acceptors (Lipinski definition) is 6. The molecule has 2 fully saturated rings. The highest BCUT2D eigenvalue weighted by molar-refractivity contribution is 8.18. The number of thioether (sulfide) groups is 1. The molecule has 3 rings (SSSR count). The molecule has 0 bridgehead atoms. The minimum Gasteiger partial charge on any atom is -0.352 e. The van der Waals surface area contributed by atoms with Crippen molar-refractivity contribution in [2.24, 2.45) is 0 Å². The maximum atomic E-state index is 13.2. The number of carbonyl (C=O) groups is 3. The lowest BCUT2D eigenvalue weighted by molar-refractivity contribution is -0.124. The van der Waals surface area contributed by atoms with Crippen molar-refractivity contribution in [2.45, 2.75) is 18.9 Å². The predicted octanol–water partition coefficient (Wildman–Crippen LogP) is 1.56. The standard InChI is InChI=1S/C17H17FN2O5S2/c18-12-3-1-2-11(8-12)9-14-16(22)20(17(23)26-14)6-4-15(21)19-13-5-7-27(24,25)10-13/h1-3,8-9,13H,4-7,10H2,(H,19,21)/b14-9+. The lowest BCUT2D eigenvalue weighted by atomic mass is 10.2. The van der Waals surface area contributed by atoms with Gasteiger partial charge in [0.05, 0.1) is 16.4 Å². The van der Waals surface area contributed by atoms with Crippen LogP contribution in [-0.4, -0.2) is 54.5 Å². The van der Waals surface area contributed by atoms with Gasteiger partial charge >= 0.3 is 0 Å². The van der Waals surface area contributed by atoms with Crippen LogP contribution in [0.25, 0.3) is 6.08 Å². The van der Waals surface area contributed by atoms with E-state index in [4.69, 9.17) is 0 Å². The molecule has 1 N–H and O–H groups in total. The first-order chi connectivity index (χ1) is 12.7. The summed E-state index contributed by atoms with van der Waals surface area (Å²) in [6, 6.07) is 5.21. The SMILES string of the molecule is O=C(CCN1C(=O)S/C(=C/c2cccc(F)c2)C1=O)NC1CCS(=O)(=O)C1. The summed E-state index contributed by atoms with van der Waals surface area (Å²) in [6.45, 7) is -0.101. The van der Waals surface area contributed by atoms with Crippen molar-refractivity contribution in [1.29, 1.82) is 0 Å². The van der Waals surface area contributed by atoms with Gasteiger partial charge in [-0.05, 0) is 42.0 Å². The van der Waals surface area contributed by atoms with Gasteiger partial charge in [0.15, 0.2) is 9.84 Å². The van der Waals surface area contributed by atoms with Crippen molar-refractivity contribution < 1.29 is 27.2 Å². The molecule has 1 aromatic carbocycles. The van der Waals surface area contributed by atoms with Crippen molar-refractivity contribution in [3.63, 3.8) is 0 Å². The number of benzene rings is 1. The van der Waals surface area contributed by atoms with Crippen LogP contribution in [-0.2, 0) is 19.4 Å². The van der Waals surface area contributed by atoms with Crippen molar-refractivity contribution in [3.05, 3.63) is 40.6 Å². The van der Waals surface area contributed by atoms with Crippen LogP contribution in [0.2, 0.25) is 0 Å². The monoisotopic (exact) mass is 412 g/mol. The van der Waals surface area contributed by atoms with E-state index < -0.39 is 38.7 Å². The highest BCUT2D eigenvalue weighted by Gasteiger charge is 2.35. The number of carbonyl (C=O) groups excluding carboxylic acids is 3. The van der Waals surface area contributed by atoms with E-state index in [0.717, 1.165) is 16.7 Å². The van der Waals surface area contributed by atoms with E-state index in [2.05, 4.69) is 5.32 Å². The van der Waals surface area contributed by atoms with Gasteiger partial charge in [-0.15, -0.1) is 0 Å². The molecule has 0 aliphatic carbocycles. The first kappa shape index (κ1) is 19.6. The number of imide groups is 1. The summed E-state index contributed by atoms with van der Waals surface area (Å²) in [5.74, 6) is -1.44. The fourth-order valence-corrected chi connectivity index (χ4v) is 5.40. The Morgan fingerprint density at radius 1 is 1.37 bits per heavy atom. The highest BCUT2D eigenvalue weighted by Crippen LogP contribution is 2.32. The van der Waals surface area contributed by atoms with Crippen LogP contribution in [0.1, 0.15) is 18.4 Å². The zero-order valence-corrected chi connectivity index (χ0v) is 15.8. The van der Waals surface area contributed by atoms with Gasteiger partial charge in [-0.2, -0.15) is 0 Å². The summed E-state index contributed by atoms with van der Waals surface area (Å²) in [5.41, 5.74) is 0.459. The average molecular weight is 412 g/mol. The van der Waals surface area contributed by atoms with E-state index in [1.807, 2.05) is 0 Å². The van der Waals surface area contributed by atoms with E-state index in [1.54, 1.807) is 6.07 Å². The quantitative estimate of drug-likeness (QED) is 0.737. The zero-order chi connectivity index (χ0) is 19.6. The maximum absolute atomic E-state index is 13.2. The van der Waals surface area contributed by atoms with Gasteiger partial charge in [0, 0.05) is 19.0 Å². The molecule has 0 aromatic heterocycles. The molecule has 1 aromatic rings. The minimum absolute atomic E-state index is 0.0475. The summed E-state index contributed by atoms with van der Waals surface area (Å²) in [7, 11) is -3.10. The minimum atomic E-state index is -3.10. The lowest BCUT2D eigenvalue weighted by Crippen LogP contribution is -2.38. The summed E-state index contributed by atoms with van der Waals surface area (Å²) in [5, 5.41) is 2.11. The number of hydrogen-bond donors (Lipinski definition) is 1. The fraction of sp³-hybridized carbons (Fsp3) is 0.353. The number of nitrogens with zero attached hydrogens (tertiary/aromatic N) is 1. The highest BCUT2D eigenvalue weighted by atomic mass is 32.2. The molecule has 144 valence electrons. The van der Waals surface area contributed by atoms with Crippen LogP contribution < -0.4 is 5.32 Å². The number of nitrogens with one attached hydrogen (secondary N) is 1. The first-order valence-corrected chi connectivity index (χ1v) is 10.9. The Balaban J connectivity index is 1.57. The van der Waals surface area contributed by atoms with E-state index in [-0.39, 0.29) is 29.4 Å². The Bertz CT molecular complexity index is 929. The Kier molecular flexibility index (Phi) is 5.66. The Morgan fingerprint density at radius 2 is 2.15 bits per heavy atom. The third-order valence-corrected chi connectivity index (χ3v) is 6.86. The molecule has 0 radical (unpaired) electrons.